The quantitative estimate of drug-likeness (QED) is 0.475. The third-order valence-corrected chi connectivity index (χ3v) is 5.98. The summed E-state index contributed by atoms with van der Waals surface area (Å²) in [5.74, 6) is 0.645. The van der Waals surface area contributed by atoms with Gasteiger partial charge in [-0.3, -0.25) is 9.78 Å². The zero-order valence-electron chi connectivity index (χ0n) is 18.3. The van der Waals surface area contributed by atoms with Crippen LogP contribution in [0.5, 0.6) is 0 Å². The maximum absolute atomic E-state index is 13.7. The normalized spacial score (nSPS) is 15.8. The van der Waals surface area contributed by atoms with Crippen molar-refractivity contribution in [1.82, 2.24) is 19.9 Å². The molecule has 0 bridgehead atoms. The van der Waals surface area contributed by atoms with Crippen LogP contribution >= 0.6 is 0 Å². The number of likely N-dealkylation sites (tertiary alicyclic amines) is 1. The van der Waals surface area contributed by atoms with E-state index in [1.807, 2.05) is 78.6 Å². The number of pyridine rings is 1. The first kappa shape index (κ1) is 20.1. The smallest absolute Gasteiger partial charge is 0.256 e. The lowest BCUT2D eigenvalue weighted by atomic mass is 9.99. The number of rotatable bonds is 4. The Kier molecular flexibility index (Phi) is 5.27. The van der Waals surface area contributed by atoms with Crippen LogP contribution in [-0.4, -0.2) is 46.4 Å². The Bertz CT molecular complexity index is 1270. The molecule has 160 valence electrons. The van der Waals surface area contributed by atoms with E-state index in [4.69, 9.17) is 4.98 Å². The number of fused-ring (bicyclic) bond motifs is 1. The van der Waals surface area contributed by atoms with Gasteiger partial charge in [0.1, 0.15) is 0 Å². The van der Waals surface area contributed by atoms with Crippen LogP contribution in [0.2, 0.25) is 0 Å². The van der Waals surface area contributed by atoms with E-state index in [0.29, 0.717) is 18.1 Å². The third kappa shape index (κ3) is 3.58. The molecule has 1 amide bonds. The van der Waals surface area contributed by atoms with E-state index in [1.54, 1.807) is 6.20 Å². The van der Waals surface area contributed by atoms with Gasteiger partial charge in [0.15, 0.2) is 0 Å². The molecule has 0 unspecified atom stereocenters. The first-order valence-corrected chi connectivity index (χ1v) is 10.9. The summed E-state index contributed by atoms with van der Waals surface area (Å²) in [7, 11) is 3.86. The summed E-state index contributed by atoms with van der Waals surface area (Å²) >= 11 is 0. The van der Waals surface area contributed by atoms with Crippen molar-refractivity contribution in [2.24, 2.45) is 0 Å². The SMILES string of the molecule is CN(C)c1ncc(-c2ccccc2)c([C@@H]2CCCN2C(=O)c2cccc3cccnc23)n1. The summed E-state index contributed by atoms with van der Waals surface area (Å²) in [6.07, 6.45) is 5.42. The minimum Gasteiger partial charge on any atom is -0.347 e. The number of hydrogen-bond donors (Lipinski definition) is 0. The van der Waals surface area contributed by atoms with Gasteiger partial charge < -0.3 is 9.80 Å². The summed E-state index contributed by atoms with van der Waals surface area (Å²) in [6, 6.07) is 19.7. The first-order valence-electron chi connectivity index (χ1n) is 10.9. The molecule has 32 heavy (non-hydrogen) atoms. The second-order valence-corrected chi connectivity index (χ2v) is 8.27. The summed E-state index contributed by atoms with van der Waals surface area (Å²) in [6.45, 7) is 0.697. The number of amides is 1. The van der Waals surface area contributed by atoms with Crippen molar-refractivity contribution in [1.29, 1.82) is 0 Å². The van der Waals surface area contributed by atoms with E-state index >= 15 is 0 Å². The molecule has 6 nitrogen and oxygen atoms in total. The van der Waals surface area contributed by atoms with Crippen molar-refractivity contribution in [2.75, 3.05) is 25.5 Å². The lowest BCUT2D eigenvalue weighted by Crippen LogP contribution is -2.32. The molecular formula is C26H25N5O. The Labute approximate surface area is 187 Å². The molecule has 1 atom stereocenters. The highest BCUT2D eigenvalue weighted by Gasteiger charge is 2.34. The molecule has 0 aliphatic carbocycles. The van der Waals surface area contributed by atoms with Gasteiger partial charge >= 0.3 is 0 Å². The summed E-state index contributed by atoms with van der Waals surface area (Å²) in [4.78, 5) is 31.6. The fraction of sp³-hybridized carbons (Fsp3) is 0.231. The van der Waals surface area contributed by atoms with Crippen LogP contribution in [0.4, 0.5) is 5.95 Å². The Hall–Kier alpha value is -3.80. The average molecular weight is 424 g/mol. The molecule has 3 heterocycles. The van der Waals surface area contributed by atoms with Crippen molar-refractivity contribution >= 4 is 22.8 Å². The highest BCUT2D eigenvalue weighted by atomic mass is 16.2. The van der Waals surface area contributed by atoms with Crippen molar-refractivity contribution < 1.29 is 4.79 Å². The van der Waals surface area contributed by atoms with Gasteiger partial charge in [0.2, 0.25) is 5.95 Å². The van der Waals surface area contributed by atoms with Crippen LogP contribution in [0.3, 0.4) is 0 Å². The van der Waals surface area contributed by atoms with E-state index in [2.05, 4.69) is 22.1 Å². The minimum atomic E-state index is -0.113. The molecule has 0 N–H and O–H groups in total. The number of para-hydroxylation sites is 1. The summed E-state index contributed by atoms with van der Waals surface area (Å²) in [5, 5.41) is 0.969. The average Bonchev–Trinajstić information content (AvgIpc) is 3.33. The second kappa shape index (κ2) is 8.38. The van der Waals surface area contributed by atoms with Crippen molar-refractivity contribution in [3.8, 4) is 11.1 Å². The lowest BCUT2D eigenvalue weighted by molar-refractivity contribution is 0.0735. The molecular weight excluding hydrogens is 398 g/mol. The van der Waals surface area contributed by atoms with Crippen LogP contribution in [0, 0.1) is 0 Å². The molecule has 0 radical (unpaired) electrons. The van der Waals surface area contributed by atoms with E-state index in [0.717, 1.165) is 40.6 Å². The Morgan fingerprint density at radius 2 is 1.81 bits per heavy atom. The summed E-state index contributed by atoms with van der Waals surface area (Å²) in [5.41, 5.74) is 4.30. The van der Waals surface area contributed by atoms with E-state index in [-0.39, 0.29) is 11.9 Å². The minimum absolute atomic E-state index is 0.000766. The molecule has 1 saturated heterocycles. The zero-order chi connectivity index (χ0) is 22.1. The van der Waals surface area contributed by atoms with Gasteiger partial charge in [-0.1, -0.05) is 48.5 Å². The van der Waals surface area contributed by atoms with Gasteiger partial charge in [-0.15, -0.1) is 0 Å². The number of anilines is 1. The van der Waals surface area contributed by atoms with E-state index in [9.17, 15) is 4.79 Å². The third-order valence-electron chi connectivity index (χ3n) is 5.98. The number of benzene rings is 2. The van der Waals surface area contributed by atoms with Crippen LogP contribution in [0.25, 0.3) is 22.0 Å². The van der Waals surface area contributed by atoms with Crippen LogP contribution in [0.15, 0.2) is 73.1 Å². The topological polar surface area (TPSA) is 62.2 Å². The molecule has 0 saturated carbocycles. The lowest BCUT2D eigenvalue weighted by Gasteiger charge is -2.27. The molecule has 2 aromatic carbocycles. The zero-order valence-corrected chi connectivity index (χ0v) is 18.3. The maximum atomic E-state index is 13.7. The molecule has 6 heteroatoms. The van der Waals surface area contributed by atoms with Crippen LogP contribution < -0.4 is 4.90 Å². The number of carbonyl (C=O) groups is 1. The van der Waals surface area contributed by atoms with Crippen LogP contribution in [-0.2, 0) is 0 Å². The van der Waals surface area contributed by atoms with Gasteiger partial charge in [-0.2, -0.15) is 0 Å². The fourth-order valence-corrected chi connectivity index (χ4v) is 4.42. The van der Waals surface area contributed by atoms with Crippen LogP contribution in [0.1, 0.15) is 34.9 Å². The monoisotopic (exact) mass is 423 g/mol. The second-order valence-electron chi connectivity index (χ2n) is 8.27. The van der Waals surface area contributed by atoms with Crippen molar-refractivity contribution in [3.63, 3.8) is 0 Å². The first-order chi connectivity index (χ1) is 15.6. The number of nitrogens with zero attached hydrogens (tertiary/aromatic N) is 5. The van der Waals surface area contributed by atoms with Gasteiger partial charge in [0.25, 0.3) is 5.91 Å². The molecule has 1 fully saturated rings. The molecule has 2 aromatic heterocycles. The number of aromatic nitrogens is 3. The van der Waals surface area contributed by atoms with E-state index in [1.165, 1.54) is 0 Å². The molecule has 1 aliphatic rings. The number of hydrogen-bond acceptors (Lipinski definition) is 5. The Balaban J connectivity index is 1.60. The molecule has 4 aromatic rings. The van der Waals surface area contributed by atoms with Gasteiger partial charge in [0.05, 0.1) is 22.8 Å². The van der Waals surface area contributed by atoms with Crippen molar-refractivity contribution in [2.45, 2.75) is 18.9 Å². The Morgan fingerprint density at radius 1 is 1.00 bits per heavy atom. The molecule has 1 aliphatic heterocycles. The van der Waals surface area contributed by atoms with Gasteiger partial charge in [0, 0.05) is 44.0 Å². The van der Waals surface area contributed by atoms with Crippen molar-refractivity contribution in [3.05, 3.63) is 84.3 Å². The highest BCUT2D eigenvalue weighted by Crippen LogP contribution is 2.38. The number of carbonyl (C=O) groups excluding carboxylic acids is 1. The molecule has 0 spiro atoms. The summed E-state index contributed by atoms with van der Waals surface area (Å²) < 4.78 is 0. The predicted octanol–water partition coefficient (Wildman–Crippen LogP) is 4.74. The standard InChI is InChI=1S/C26H25N5O/c1-30(2)26-28-17-21(18-9-4-3-5-10-18)24(29-26)22-14-8-16-31(22)25(32)20-13-6-11-19-12-7-15-27-23(19)20/h3-7,9-13,15,17,22H,8,14,16H2,1-2H3/t22-/m0/s1. The molecule has 5 rings (SSSR count). The fourth-order valence-electron chi connectivity index (χ4n) is 4.42. The Morgan fingerprint density at radius 3 is 2.62 bits per heavy atom. The predicted molar refractivity (Wildman–Crippen MR) is 127 cm³/mol. The largest absolute Gasteiger partial charge is 0.347 e. The van der Waals surface area contributed by atoms with Gasteiger partial charge in [-0.25, -0.2) is 9.97 Å². The highest BCUT2D eigenvalue weighted by molar-refractivity contribution is 6.05. The maximum Gasteiger partial charge on any atom is 0.256 e. The van der Waals surface area contributed by atoms with Gasteiger partial charge in [-0.05, 0) is 30.5 Å². The van der Waals surface area contributed by atoms with E-state index < -0.39 is 0 Å².